The van der Waals surface area contributed by atoms with Gasteiger partial charge in [-0.2, -0.15) is 0 Å². The highest BCUT2D eigenvalue weighted by atomic mass is 16.6. The number of amides is 1. The molecule has 0 radical (unpaired) electrons. The first-order chi connectivity index (χ1) is 14.3. The maximum atomic E-state index is 11.8. The van der Waals surface area contributed by atoms with Crippen LogP contribution in [0.4, 0.5) is 5.69 Å². The number of nitrogens with zero attached hydrogens (tertiary/aromatic N) is 1. The van der Waals surface area contributed by atoms with E-state index >= 15 is 0 Å². The molecule has 2 N–H and O–H groups in total. The number of non-ortho nitro benzene ring substituents is 1. The number of esters is 1. The zero-order valence-electron chi connectivity index (χ0n) is 16.4. The second kappa shape index (κ2) is 10.7. The SMILES string of the molecule is COC(=O)CCC(=O)NC(CCc1ccc(-c2cccc([N+](=O)[O-])c2)cc1)C(=O)O. The van der Waals surface area contributed by atoms with Gasteiger partial charge in [0, 0.05) is 18.6 Å². The molecular formula is C21H22N2O7. The summed E-state index contributed by atoms with van der Waals surface area (Å²) in [6.45, 7) is 0. The van der Waals surface area contributed by atoms with E-state index in [-0.39, 0.29) is 24.9 Å². The number of ether oxygens (including phenoxy) is 1. The van der Waals surface area contributed by atoms with E-state index in [0.29, 0.717) is 12.0 Å². The van der Waals surface area contributed by atoms with Crippen molar-refractivity contribution in [2.75, 3.05) is 7.11 Å². The Kier molecular flexibility index (Phi) is 8.04. The molecule has 0 aliphatic rings. The molecular weight excluding hydrogens is 392 g/mol. The van der Waals surface area contributed by atoms with E-state index < -0.39 is 28.8 Å². The topological polar surface area (TPSA) is 136 Å². The average molecular weight is 414 g/mol. The van der Waals surface area contributed by atoms with E-state index in [2.05, 4.69) is 10.1 Å². The lowest BCUT2D eigenvalue weighted by Gasteiger charge is -2.14. The number of benzene rings is 2. The van der Waals surface area contributed by atoms with Gasteiger partial charge in [0.1, 0.15) is 6.04 Å². The molecule has 2 rings (SSSR count). The van der Waals surface area contributed by atoms with Crippen LogP contribution in [0.3, 0.4) is 0 Å². The monoisotopic (exact) mass is 414 g/mol. The van der Waals surface area contributed by atoms with E-state index in [9.17, 15) is 29.6 Å². The third-order valence-electron chi connectivity index (χ3n) is 4.48. The van der Waals surface area contributed by atoms with Gasteiger partial charge < -0.3 is 15.2 Å². The quantitative estimate of drug-likeness (QED) is 0.346. The Bertz CT molecular complexity index is 925. The first kappa shape index (κ1) is 22.5. The summed E-state index contributed by atoms with van der Waals surface area (Å²) >= 11 is 0. The van der Waals surface area contributed by atoms with Gasteiger partial charge in [0.15, 0.2) is 0 Å². The summed E-state index contributed by atoms with van der Waals surface area (Å²) in [6.07, 6.45) is 0.320. The molecule has 158 valence electrons. The Morgan fingerprint density at radius 3 is 2.40 bits per heavy atom. The summed E-state index contributed by atoms with van der Waals surface area (Å²) in [5.41, 5.74) is 2.37. The minimum absolute atomic E-state index is 0.00353. The molecule has 9 heteroatoms. The van der Waals surface area contributed by atoms with Gasteiger partial charge in [-0.25, -0.2) is 4.79 Å². The number of nitrogens with one attached hydrogen (secondary N) is 1. The van der Waals surface area contributed by atoms with Crippen LogP contribution in [-0.2, 0) is 25.5 Å². The lowest BCUT2D eigenvalue weighted by Crippen LogP contribution is -2.41. The lowest BCUT2D eigenvalue weighted by atomic mass is 10.00. The van der Waals surface area contributed by atoms with Crippen molar-refractivity contribution in [3.8, 4) is 11.1 Å². The minimum atomic E-state index is -1.16. The highest BCUT2D eigenvalue weighted by Crippen LogP contribution is 2.24. The fourth-order valence-corrected chi connectivity index (χ4v) is 2.82. The molecule has 1 amide bonds. The predicted octanol–water partition coefficient (Wildman–Crippen LogP) is 2.72. The molecule has 9 nitrogen and oxygen atoms in total. The summed E-state index contributed by atoms with van der Waals surface area (Å²) in [5.74, 6) is -2.23. The van der Waals surface area contributed by atoms with E-state index in [1.54, 1.807) is 24.3 Å². The van der Waals surface area contributed by atoms with Gasteiger partial charge in [0.25, 0.3) is 5.69 Å². The van der Waals surface area contributed by atoms with E-state index in [0.717, 1.165) is 11.1 Å². The number of carboxylic acid groups (broad SMARTS) is 1. The number of carbonyl (C=O) groups excluding carboxylic acids is 2. The number of rotatable bonds is 10. The maximum Gasteiger partial charge on any atom is 0.326 e. The van der Waals surface area contributed by atoms with Crippen molar-refractivity contribution in [3.63, 3.8) is 0 Å². The van der Waals surface area contributed by atoms with E-state index in [4.69, 9.17) is 0 Å². The number of carboxylic acids is 1. The molecule has 2 aromatic rings. The summed E-state index contributed by atoms with van der Waals surface area (Å²) in [5, 5.41) is 22.6. The molecule has 0 aromatic heterocycles. The molecule has 0 aliphatic heterocycles. The van der Waals surface area contributed by atoms with Crippen LogP contribution in [0.1, 0.15) is 24.8 Å². The first-order valence-corrected chi connectivity index (χ1v) is 9.23. The molecule has 0 aliphatic carbocycles. The molecule has 0 saturated carbocycles. The van der Waals surface area contributed by atoms with Crippen LogP contribution in [-0.4, -0.2) is 41.0 Å². The summed E-state index contributed by atoms with van der Waals surface area (Å²) in [6, 6.07) is 12.4. The predicted molar refractivity (Wildman–Crippen MR) is 108 cm³/mol. The number of carbonyl (C=O) groups is 3. The number of nitro groups is 1. The highest BCUT2D eigenvalue weighted by Gasteiger charge is 2.20. The van der Waals surface area contributed by atoms with Crippen molar-refractivity contribution in [3.05, 3.63) is 64.2 Å². The molecule has 0 spiro atoms. The van der Waals surface area contributed by atoms with Gasteiger partial charge in [-0.05, 0) is 29.5 Å². The van der Waals surface area contributed by atoms with Crippen molar-refractivity contribution in [2.24, 2.45) is 0 Å². The smallest absolute Gasteiger partial charge is 0.326 e. The third-order valence-corrected chi connectivity index (χ3v) is 4.48. The van der Waals surface area contributed by atoms with Gasteiger partial charge in [0.05, 0.1) is 18.5 Å². The number of methoxy groups -OCH3 is 1. The average Bonchev–Trinajstić information content (AvgIpc) is 2.75. The van der Waals surface area contributed by atoms with Gasteiger partial charge in [-0.3, -0.25) is 19.7 Å². The Labute approximate surface area is 172 Å². The summed E-state index contributed by atoms with van der Waals surface area (Å²) in [7, 11) is 1.21. The number of hydrogen-bond acceptors (Lipinski definition) is 6. The normalized spacial score (nSPS) is 11.4. The Balaban J connectivity index is 1.96. The fourth-order valence-electron chi connectivity index (χ4n) is 2.82. The van der Waals surface area contributed by atoms with Crippen LogP contribution < -0.4 is 5.32 Å². The summed E-state index contributed by atoms with van der Waals surface area (Å²) in [4.78, 5) is 44.8. The Morgan fingerprint density at radius 2 is 1.80 bits per heavy atom. The molecule has 0 heterocycles. The van der Waals surface area contributed by atoms with Crippen molar-refractivity contribution >= 4 is 23.5 Å². The van der Waals surface area contributed by atoms with Crippen LogP contribution in [0.15, 0.2) is 48.5 Å². The largest absolute Gasteiger partial charge is 0.480 e. The van der Waals surface area contributed by atoms with Gasteiger partial charge >= 0.3 is 11.9 Å². The minimum Gasteiger partial charge on any atom is -0.480 e. The fraction of sp³-hybridized carbons (Fsp3) is 0.286. The molecule has 1 atom stereocenters. The highest BCUT2D eigenvalue weighted by molar-refractivity contribution is 5.85. The second-order valence-corrected chi connectivity index (χ2v) is 6.58. The summed E-state index contributed by atoms with van der Waals surface area (Å²) < 4.78 is 4.45. The van der Waals surface area contributed by atoms with Crippen molar-refractivity contribution in [2.45, 2.75) is 31.7 Å². The van der Waals surface area contributed by atoms with Gasteiger partial charge in [-0.15, -0.1) is 0 Å². The zero-order chi connectivity index (χ0) is 22.1. The van der Waals surface area contributed by atoms with Gasteiger partial charge in [0.2, 0.25) is 5.91 Å². The second-order valence-electron chi connectivity index (χ2n) is 6.58. The number of hydrogen-bond donors (Lipinski definition) is 2. The number of aliphatic carboxylic acids is 1. The number of aryl methyl sites for hydroxylation is 1. The van der Waals surface area contributed by atoms with Crippen LogP contribution in [0.25, 0.3) is 11.1 Å². The van der Waals surface area contributed by atoms with Crippen LogP contribution in [0.5, 0.6) is 0 Å². The number of nitro benzene ring substituents is 1. The molecule has 1 unspecified atom stereocenters. The lowest BCUT2D eigenvalue weighted by molar-refractivity contribution is -0.384. The van der Waals surface area contributed by atoms with Crippen molar-refractivity contribution in [1.29, 1.82) is 0 Å². The van der Waals surface area contributed by atoms with Gasteiger partial charge in [-0.1, -0.05) is 36.4 Å². The standard InChI is InChI=1S/C21H22N2O7/c1-30-20(25)12-11-19(24)22-18(21(26)27)10-7-14-5-8-15(9-6-14)16-3-2-4-17(13-16)23(28)29/h2-6,8-9,13,18H,7,10-12H2,1H3,(H,22,24)(H,26,27). The molecule has 0 bridgehead atoms. The third kappa shape index (κ3) is 6.69. The van der Waals surface area contributed by atoms with Crippen LogP contribution in [0, 0.1) is 10.1 Å². The Morgan fingerprint density at radius 1 is 1.10 bits per heavy atom. The molecule has 30 heavy (non-hydrogen) atoms. The molecule has 0 saturated heterocycles. The molecule has 2 aromatic carbocycles. The maximum absolute atomic E-state index is 11.8. The van der Waals surface area contributed by atoms with Crippen LogP contribution >= 0.6 is 0 Å². The molecule has 0 fully saturated rings. The van der Waals surface area contributed by atoms with Crippen molar-refractivity contribution in [1.82, 2.24) is 5.32 Å². The van der Waals surface area contributed by atoms with E-state index in [1.807, 2.05) is 12.1 Å². The zero-order valence-corrected chi connectivity index (χ0v) is 16.4. The Hall–Kier alpha value is -3.75. The van der Waals surface area contributed by atoms with Crippen molar-refractivity contribution < 1.29 is 29.2 Å². The van der Waals surface area contributed by atoms with Crippen LogP contribution in [0.2, 0.25) is 0 Å². The van der Waals surface area contributed by atoms with E-state index in [1.165, 1.54) is 19.2 Å². The first-order valence-electron chi connectivity index (χ1n) is 9.23.